The van der Waals surface area contributed by atoms with Crippen molar-refractivity contribution >= 4 is 11.6 Å². The van der Waals surface area contributed by atoms with E-state index in [2.05, 4.69) is 11.8 Å². The molecule has 0 amide bonds. The molecule has 3 heteroatoms. The molecule has 1 aromatic rings. The van der Waals surface area contributed by atoms with Crippen molar-refractivity contribution < 1.29 is 5.11 Å². The van der Waals surface area contributed by atoms with Gasteiger partial charge >= 0.3 is 0 Å². The Morgan fingerprint density at radius 1 is 1.38 bits per heavy atom. The van der Waals surface area contributed by atoms with Gasteiger partial charge in [-0.1, -0.05) is 23.4 Å². The zero-order chi connectivity index (χ0) is 9.68. The van der Waals surface area contributed by atoms with E-state index in [0.717, 1.165) is 0 Å². The molecule has 0 saturated carbocycles. The molecule has 0 heterocycles. The number of nitrogens with two attached hydrogens (primary N) is 1. The average molecular weight is 196 g/mol. The van der Waals surface area contributed by atoms with E-state index in [-0.39, 0.29) is 5.75 Å². The molecule has 0 fully saturated rings. The maximum Gasteiger partial charge on any atom is 0.118 e. The third-order valence-electron chi connectivity index (χ3n) is 1.38. The van der Waals surface area contributed by atoms with Gasteiger partial charge in [-0.25, -0.2) is 0 Å². The summed E-state index contributed by atoms with van der Waals surface area (Å²) >= 11 is 5.71. The summed E-state index contributed by atoms with van der Waals surface area (Å²) in [7, 11) is 0. The van der Waals surface area contributed by atoms with Gasteiger partial charge < -0.3 is 10.8 Å². The topological polar surface area (TPSA) is 46.2 Å². The van der Waals surface area contributed by atoms with Crippen LogP contribution in [-0.2, 0) is 0 Å². The van der Waals surface area contributed by atoms with Gasteiger partial charge in [0.15, 0.2) is 0 Å². The number of phenols is 1. The Balaban J connectivity index is 2.85. The first-order chi connectivity index (χ1) is 6.22. The lowest BCUT2D eigenvalue weighted by Crippen LogP contribution is -1.95. The Labute approximate surface area is 82.3 Å². The van der Waals surface area contributed by atoms with Crippen molar-refractivity contribution in [1.82, 2.24) is 0 Å². The van der Waals surface area contributed by atoms with Crippen LogP contribution < -0.4 is 5.73 Å². The normalized spacial score (nSPS) is 9.08. The molecular weight excluding hydrogens is 186 g/mol. The number of aromatic hydroxyl groups is 1. The highest BCUT2D eigenvalue weighted by Crippen LogP contribution is 2.18. The smallest absolute Gasteiger partial charge is 0.118 e. The lowest BCUT2D eigenvalue weighted by molar-refractivity contribution is 0.475. The molecule has 0 saturated heterocycles. The first-order valence-electron chi connectivity index (χ1n) is 3.91. The summed E-state index contributed by atoms with van der Waals surface area (Å²) in [4.78, 5) is 0. The predicted octanol–water partition coefficient (Wildman–Crippen LogP) is 1.75. The van der Waals surface area contributed by atoms with Gasteiger partial charge in [0.05, 0.1) is 0 Å². The van der Waals surface area contributed by atoms with Crippen LogP contribution in [0.5, 0.6) is 5.75 Å². The minimum absolute atomic E-state index is 0.129. The SMILES string of the molecule is NCCC#Cc1cc(O)cc(Cl)c1. The zero-order valence-electron chi connectivity index (χ0n) is 7.05. The Morgan fingerprint density at radius 2 is 2.15 bits per heavy atom. The standard InChI is InChI=1S/C10H10ClNO/c11-9-5-8(3-1-2-4-12)6-10(13)7-9/h5-7,13H,2,4,12H2. The molecule has 0 atom stereocenters. The molecule has 1 aromatic carbocycles. The van der Waals surface area contributed by atoms with Crippen LogP contribution in [0.25, 0.3) is 0 Å². The summed E-state index contributed by atoms with van der Waals surface area (Å²) in [5.41, 5.74) is 5.98. The maximum atomic E-state index is 9.17. The molecule has 0 aliphatic rings. The quantitative estimate of drug-likeness (QED) is 0.671. The van der Waals surface area contributed by atoms with Crippen LogP contribution >= 0.6 is 11.6 Å². The highest BCUT2D eigenvalue weighted by Gasteiger charge is 1.94. The number of benzene rings is 1. The Morgan fingerprint density at radius 3 is 2.77 bits per heavy atom. The van der Waals surface area contributed by atoms with E-state index in [0.29, 0.717) is 23.6 Å². The maximum absolute atomic E-state index is 9.17. The fourth-order valence-electron chi connectivity index (χ4n) is 0.883. The van der Waals surface area contributed by atoms with Crippen LogP contribution in [0.1, 0.15) is 12.0 Å². The van der Waals surface area contributed by atoms with Gasteiger partial charge in [-0.05, 0) is 18.2 Å². The second kappa shape index (κ2) is 4.76. The Bertz CT molecular complexity index is 331. The first kappa shape index (κ1) is 9.91. The average Bonchev–Trinajstić information content (AvgIpc) is 2.03. The van der Waals surface area contributed by atoms with Crippen molar-refractivity contribution in [3.8, 4) is 17.6 Å². The number of hydrogen-bond donors (Lipinski definition) is 2. The van der Waals surface area contributed by atoms with Crippen molar-refractivity contribution in [2.24, 2.45) is 5.73 Å². The van der Waals surface area contributed by atoms with Crippen molar-refractivity contribution in [1.29, 1.82) is 0 Å². The third kappa shape index (κ3) is 3.37. The van der Waals surface area contributed by atoms with Crippen LogP contribution in [0.3, 0.4) is 0 Å². The van der Waals surface area contributed by atoms with E-state index in [4.69, 9.17) is 17.3 Å². The highest BCUT2D eigenvalue weighted by molar-refractivity contribution is 6.30. The lowest BCUT2D eigenvalue weighted by atomic mass is 10.2. The van der Waals surface area contributed by atoms with Crippen molar-refractivity contribution in [3.63, 3.8) is 0 Å². The molecule has 0 aliphatic carbocycles. The first-order valence-corrected chi connectivity index (χ1v) is 4.28. The molecule has 13 heavy (non-hydrogen) atoms. The molecular formula is C10H10ClNO. The van der Waals surface area contributed by atoms with E-state index in [1.165, 1.54) is 6.07 Å². The van der Waals surface area contributed by atoms with Crippen LogP contribution in [0.4, 0.5) is 0 Å². The molecule has 0 unspecified atom stereocenters. The molecule has 68 valence electrons. The summed E-state index contributed by atoms with van der Waals surface area (Å²) in [5, 5.41) is 9.66. The van der Waals surface area contributed by atoms with Crippen LogP contribution in [-0.4, -0.2) is 11.7 Å². The molecule has 0 bridgehead atoms. The summed E-state index contributed by atoms with van der Waals surface area (Å²) in [6.45, 7) is 0.541. The van der Waals surface area contributed by atoms with Gasteiger partial charge in [0.25, 0.3) is 0 Å². The van der Waals surface area contributed by atoms with Gasteiger partial charge in [0.1, 0.15) is 5.75 Å². The Hall–Kier alpha value is -1.17. The highest BCUT2D eigenvalue weighted by atomic mass is 35.5. The monoisotopic (exact) mass is 195 g/mol. The lowest BCUT2D eigenvalue weighted by Gasteiger charge is -1.94. The third-order valence-corrected chi connectivity index (χ3v) is 1.60. The van der Waals surface area contributed by atoms with Gasteiger partial charge in [-0.3, -0.25) is 0 Å². The van der Waals surface area contributed by atoms with Crippen molar-refractivity contribution in [2.45, 2.75) is 6.42 Å². The van der Waals surface area contributed by atoms with Gasteiger partial charge in [-0.15, -0.1) is 0 Å². The zero-order valence-corrected chi connectivity index (χ0v) is 7.80. The van der Waals surface area contributed by atoms with Crippen LogP contribution in [0, 0.1) is 11.8 Å². The molecule has 1 rings (SSSR count). The summed E-state index contributed by atoms with van der Waals surface area (Å²) < 4.78 is 0. The molecule has 0 radical (unpaired) electrons. The Kier molecular flexibility index (Phi) is 3.63. The van der Waals surface area contributed by atoms with Crippen molar-refractivity contribution in [2.75, 3.05) is 6.54 Å². The predicted molar refractivity (Wildman–Crippen MR) is 53.7 cm³/mol. The second-order valence-electron chi connectivity index (χ2n) is 2.54. The second-order valence-corrected chi connectivity index (χ2v) is 2.97. The van der Waals surface area contributed by atoms with E-state index in [1.54, 1.807) is 12.1 Å². The van der Waals surface area contributed by atoms with E-state index in [9.17, 15) is 5.11 Å². The van der Waals surface area contributed by atoms with Gasteiger partial charge in [0, 0.05) is 23.6 Å². The molecule has 2 nitrogen and oxygen atoms in total. The number of rotatable bonds is 1. The van der Waals surface area contributed by atoms with E-state index >= 15 is 0 Å². The van der Waals surface area contributed by atoms with Crippen molar-refractivity contribution in [3.05, 3.63) is 28.8 Å². The molecule has 0 spiro atoms. The summed E-state index contributed by atoms with van der Waals surface area (Å²) in [5.74, 6) is 5.84. The largest absolute Gasteiger partial charge is 0.508 e. The molecule has 0 aliphatic heterocycles. The summed E-state index contributed by atoms with van der Waals surface area (Å²) in [6.07, 6.45) is 0.646. The van der Waals surface area contributed by atoms with Gasteiger partial charge in [-0.2, -0.15) is 0 Å². The number of hydrogen-bond acceptors (Lipinski definition) is 2. The number of halogens is 1. The van der Waals surface area contributed by atoms with Crippen LogP contribution in [0.2, 0.25) is 5.02 Å². The minimum atomic E-state index is 0.129. The van der Waals surface area contributed by atoms with E-state index in [1.807, 2.05) is 0 Å². The van der Waals surface area contributed by atoms with E-state index < -0.39 is 0 Å². The van der Waals surface area contributed by atoms with Gasteiger partial charge in [0.2, 0.25) is 0 Å². The summed E-state index contributed by atoms with van der Waals surface area (Å²) in [6, 6.07) is 4.73. The van der Waals surface area contributed by atoms with Crippen LogP contribution in [0.15, 0.2) is 18.2 Å². The fourth-order valence-corrected chi connectivity index (χ4v) is 1.11. The number of phenolic OH excluding ortho intramolecular Hbond substituents is 1. The fraction of sp³-hybridized carbons (Fsp3) is 0.200. The minimum Gasteiger partial charge on any atom is -0.508 e. The molecule has 0 aromatic heterocycles. The molecule has 3 N–H and O–H groups in total.